The number of anilines is 1. The van der Waals surface area contributed by atoms with E-state index >= 15 is 0 Å². The van der Waals surface area contributed by atoms with Crippen LogP contribution in [0.2, 0.25) is 0 Å². The molecule has 0 atom stereocenters. The normalized spacial score (nSPS) is 14.4. The highest BCUT2D eigenvalue weighted by molar-refractivity contribution is 8.01. The van der Waals surface area contributed by atoms with Crippen LogP contribution < -0.4 is 10.6 Å². The van der Waals surface area contributed by atoms with Crippen molar-refractivity contribution in [1.82, 2.24) is 15.2 Å². The van der Waals surface area contributed by atoms with Crippen molar-refractivity contribution in [2.45, 2.75) is 10.8 Å². The van der Waals surface area contributed by atoms with E-state index < -0.39 is 0 Å². The smallest absolute Gasteiger partial charge is 0.234 e. The number of nitrogens with one attached hydrogen (secondary N) is 2. The largest absolute Gasteiger partial charge is 0.379 e. The number of nitrogens with zero attached hydrogens (tertiary/aromatic N) is 2. The van der Waals surface area contributed by atoms with Crippen LogP contribution in [0.5, 0.6) is 0 Å². The van der Waals surface area contributed by atoms with Crippen LogP contribution in [0.15, 0.2) is 52.2 Å². The monoisotopic (exact) mass is 470 g/mol. The van der Waals surface area contributed by atoms with Crippen LogP contribution in [0, 0.1) is 0 Å². The van der Waals surface area contributed by atoms with Crippen molar-refractivity contribution in [3.05, 3.63) is 53.5 Å². The van der Waals surface area contributed by atoms with Crippen molar-refractivity contribution < 1.29 is 14.3 Å². The van der Waals surface area contributed by atoms with Crippen molar-refractivity contribution >= 4 is 51.4 Å². The topological polar surface area (TPSA) is 83.6 Å². The summed E-state index contributed by atoms with van der Waals surface area (Å²) in [4.78, 5) is 31.4. The number of thiazole rings is 1. The van der Waals surface area contributed by atoms with Gasteiger partial charge in [-0.25, -0.2) is 4.98 Å². The second-order valence-electron chi connectivity index (χ2n) is 7.45. The molecule has 1 fully saturated rings. The molecule has 0 radical (unpaired) electrons. The Morgan fingerprint density at radius 2 is 1.91 bits per heavy atom. The van der Waals surface area contributed by atoms with E-state index in [0.717, 1.165) is 59.3 Å². The molecule has 0 bridgehead atoms. The molecule has 168 valence electrons. The number of carbonyl (C=O) groups is 2. The minimum atomic E-state index is -0.0797. The number of thioether (sulfide) groups is 1. The van der Waals surface area contributed by atoms with E-state index in [9.17, 15) is 9.59 Å². The molecular formula is C23H26N4O3S2. The number of hydrogen-bond acceptors (Lipinski definition) is 7. The zero-order chi connectivity index (χ0) is 22.2. The first-order chi connectivity index (χ1) is 15.7. The van der Waals surface area contributed by atoms with E-state index in [1.165, 1.54) is 23.1 Å². The van der Waals surface area contributed by atoms with Crippen LogP contribution in [0.4, 0.5) is 5.69 Å². The summed E-state index contributed by atoms with van der Waals surface area (Å²) in [6, 6.07) is 13.8. The fourth-order valence-corrected chi connectivity index (χ4v) is 5.13. The molecular weight excluding hydrogens is 444 g/mol. The first kappa shape index (κ1) is 22.7. The van der Waals surface area contributed by atoms with Gasteiger partial charge in [-0.3, -0.25) is 14.5 Å². The number of morpholine rings is 1. The van der Waals surface area contributed by atoms with Gasteiger partial charge in [-0.05, 0) is 11.5 Å². The van der Waals surface area contributed by atoms with Crippen molar-refractivity contribution in [2.24, 2.45) is 0 Å². The third-order valence-electron chi connectivity index (χ3n) is 5.12. The van der Waals surface area contributed by atoms with Crippen molar-refractivity contribution in [1.29, 1.82) is 0 Å². The first-order valence-corrected chi connectivity index (χ1v) is 12.5. The predicted molar refractivity (Wildman–Crippen MR) is 129 cm³/mol. The molecule has 0 aliphatic carbocycles. The van der Waals surface area contributed by atoms with E-state index in [1.54, 1.807) is 0 Å². The lowest BCUT2D eigenvalue weighted by molar-refractivity contribution is -0.120. The molecule has 1 aliphatic rings. The standard InChI is InChI=1S/C23H26N4O3S2/c28-21(24-8-9-27-10-12-30-13-11-27)14-18-15-31-23(25-18)32-16-22(29)26-20-7-3-5-17-4-1-2-6-19(17)20/h1-7,15H,8-14,16H2,(H,24,28)(H,26,29). The van der Waals surface area contributed by atoms with Crippen LogP contribution in [0.25, 0.3) is 10.8 Å². The lowest BCUT2D eigenvalue weighted by atomic mass is 10.1. The predicted octanol–water partition coefficient (Wildman–Crippen LogP) is 3.02. The average Bonchev–Trinajstić information content (AvgIpc) is 3.26. The zero-order valence-electron chi connectivity index (χ0n) is 17.7. The molecule has 1 aromatic heterocycles. The summed E-state index contributed by atoms with van der Waals surface area (Å²) < 4.78 is 6.11. The third kappa shape index (κ3) is 6.52. The van der Waals surface area contributed by atoms with E-state index in [0.29, 0.717) is 6.54 Å². The number of carbonyl (C=O) groups excluding carboxylic acids is 2. The third-order valence-corrected chi connectivity index (χ3v) is 7.19. The van der Waals surface area contributed by atoms with Crippen molar-refractivity contribution in [3.8, 4) is 0 Å². The molecule has 4 rings (SSSR count). The van der Waals surface area contributed by atoms with Gasteiger partial charge in [0.2, 0.25) is 11.8 Å². The number of ether oxygens (including phenoxy) is 1. The summed E-state index contributed by atoms with van der Waals surface area (Å²) in [5.74, 6) is 0.153. The number of hydrogen-bond donors (Lipinski definition) is 2. The van der Waals surface area contributed by atoms with Crippen LogP contribution in [-0.4, -0.2) is 66.8 Å². The molecule has 0 saturated carbocycles. The summed E-state index contributed by atoms with van der Waals surface area (Å²) in [5, 5.41) is 9.93. The zero-order valence-corrected chi connectivity index (χ0v) is 19.3. The van der Waals surface area contributed by atoms with Gasteiger partial charge in [-0.15, -0.1) is 11.3 Å². The highest BCUT2D eigenvalue weighted by Gasteiger charge is 2.13. The molecule has 32 heavy (non-hydrogen) atoms. The SMILES string of the molecule is O=C(Cc1csc(SCC(=O)Nc2cccc3ccccc23)n1)NCCN1CCOCC1. The molecule has 3 aromatic rings. The lowest BCUT2D eigenvalue weighted by Gasteiger charge is -2.26. The summed E-state index contributed by atoms with van der Waals surface area (Å²) in [7, 11) is 0. The fourth-order valence-electron chi connectivity index (χ4n) is 3.49. The minimum absolute atomic E-state index is 0.0335. The molecule has 1 saturated heterocycles. The maximum atomic E-state index is 12.4. The van der Waals surface area contributed by atoms with Gasteiger partial charge in [0.05, 0.1) is 31.1 Å². The summed E-state index contributed by atoms with van der Waals surface area (Å²) in [6.07, 6.45) is 0.252. The van der Waals surface area contributed by atoms with E-state index in [2.05, 4.69) is 20.5 Å². The highest BCUT2D eigenvalue weighted by atomic mass is 32.2. The molecule has 9 heteroatoms. The van der Waals surface area contributed by atoms with Gasteiger partial charge in [0.1, 0.15) is 0 Å². The van der Waals surface area contributed by atoms with Crippen LogP contribution in [-0.2, 0) is 20.7 Å². The van der Waals surface area contributed by atoms with Crippen LogP contribution in [0.1, 0.15) is 5.69 Å². The quantitative estimate of drug-likeness (QED) is 0.468. The van der Waals surface area contributed by atoms with Gasteiger partial charge in [-0.2, -0.15) is 0 Å². The van der Waals surface area contributed by atoms with Crippen LogP contribution >= 0.6 is 23.1 Å². The van der Waals surface area contributed by atoms with Crippen molar-refractivity contribution in [3.63, 3.8) is 0 Å². The number of amides is 2. The summed E-state index contributed by atoms with van der Waals surface area (Å²) in [6.45, 7) is 4.80. The summed E-state index contributed by atoms with van der Waals surface area (Å²) >= 11 is 2.84. The van der Waals surface area contributed by atoms with Gasteiger partial charge in [-0.1, -0.05) is 48.2 Å². The van der Waals surface area contributed by atoms with Gasteiger partial charge in [0, 0.05) is 42.6 Å². The molecule has 2 heterocycles. The Balaban J connectivity index is 1.20. The number of rotatable bonds is 9. The molecule has 7 nitrogen and oxygen atoms in total. The van der Waals surface area contributed by atoms with Gasteiger partial charge < -0.3 is 15.4 Å². The highest BCUT2D eigenvalue weighted by Crippen LogP contribution is 2.25. The van der Waals surface area contributed by atoms with Crippen molar-refractivity contribution in [2.75, 3.05) is 50.5 Å². The maximum Gasteiger partial charge on any atom is 0.234 e. The van der Waals surface area contributed by atoms with E-state index in [1.807, 2.05) is 47.8 Å². The molecule has 2 N–H and O–H groups in total. The Labute approximate surface area is 195 Å². The Bertz CT molecular complexity index is 1060. The fraction of sp³-hybridized carbons (Fsp3) is 0.348. The first-order valence-electron chi connectivity index (χ1n) is 10.6. The maximum absolute atomic E-state index is 12.4. The Hall–Kier alpha value is -2.46. The molecule has 2 aromatic carbocycles. The van der Waals surface area contributed by atoms with Gasteiger partial charge >= 0.3 is 0 Å². The van der Waals surface area contributed by atoms with Gasteiger partial charge in [0.25, 0.3) is 0 Å². The Morgan fingerprint density at radius 1 is 1.09 bits per heavy atom. The van der Waals surface area contributed by atoms with E-state index in [4.69, 9.17) is 4.74 Å². The lowest BCUT2D eigenvalue weighted by Crippen LogP contribution is -2.41. The Kier molecular flexibility index (Phi) is 8.11. The molecule has 1 aliphatic heterocycles. The number of aromatic nitrogens is 1. The molecule has 0 unspecified atom stereocenters. The van der Waals surface area contributed by atoms with E-state index in [-0.39, 0.29) is 24.0 Å². The summed E-state index contributed by atoms with van der Waals surface area (Å²) in [5.41, 5.74) is 1.54. The number of fused-ring (bicyclic) bond motifs is 1. The molecule has 2 amide bonds. The van der Waals surface area contributed by atoms with Crippen LogP contribution in [0.3, 0.4) is 0 Å². The second-order valence-corrected chi connectivity index (χ2v) is 9.53. The van der Waals surface area contributed by atoms with Gasteiger partial charge in [0.15, 0.2) is 4.34 Å². The second kappa shape index (κ2) is 11.4. The number of benzene rings is 2. The average molecular weight is 471 g/mol. The Morgan fingerprint density at radius 3 is 2.78 bits per heavy atom. The minimum Gasteiger partial charge on any atom is -0.379 e. The molecule has 0 spiro atoms.